The Kier molecular flexibility index (Phi) is 2.24. The van der Waals surface area contributed by atoms with Gasteiger partial charge in [-0.2, -0.15) is 0 Å². The second-order valence-corrected chi connectivity index (χ2v) is 6.00. The van der Waals surface area contributed by atoms with Crippen molar-refractivity contribution in [3.63, 3.8) is 0 Å². The van der Waals surface area contributed by atoms with Gasteiger partial charge in [0.25, 0.3) is 0 Å². The van der Waals surface area contributed by atoms with Crippen molar-refractivity contribution in [2.45, 2.75) is 49.8 Å². The highest BCUT2D eigenvalue weighted by Crippen LogP contribution is 2.42. The van der Waals surface area contributed by atoms with Gasteiger partial charge in [0.2, 0.25) is 0 Å². The van der Waals surface area contributed by atoms with Crippen molar-refractivity contribution < 1.29 is 9.84 Å². The maximum atomic E-state index is 11.0. The van der Waals surface area contributed by atoms with Crippen LogP contribution in [0.4, 0.5) is 0 Å². The van der Waals surface area contributed by atoms with E-state index in [9.17, 15) is 5.11 Å². The summed E-state index contributed by atoms with van der Waals surface area (Å²) in [5, 5.41) is 14.6. The summed E-state index contributed by atoms with van der Waals surface area (Å²) in [6.45, 7) is 0.782. The third-order valence-electron chi connectivity index (χ3n) is 4.73. The molecule has 0 radical (unpaired) electrons. The van der Waals surface area contributed by atoms with Gasteiger partial charge < -0.3 is 15.2 Å². The van der Waals surface area contributed by atoms with Gasteiger partial charge in [0, 0.05) is 18.5 Å². The van der Waals surface area contributed by atoms with Crippen molar-refractivity contribution in [2.24, 2.45) is 0 Å². The van der Waals surface area contributed by atoms with E-state index in [1.54, 1.807) is 0 Å². The van der Waals surface area contributed by atoms with Gasteiger partial charge in [-0.1, -0.05) is 6.07 Å². The molecule has 1 aromatic rings. The van der Waals surface area contributed by atoms with E-state index in [1.807, 2.05) is 6.07 Å². The molecule has 3 heteroatoms. The molecule has 3 heterocycles. The van der Waals surface area contributed by atoms with E-state index < -0.39 is 5.60 Å². The fourth-order valence-corrected chi connectivity index (χ4v) is 3.83. The lowest BCUT2D eigenvalue weighted by atomic mass is 9.81. The van der Waals surface area contributed by atoms with E-state index >= 15 is 0 Å². The van der Waals surface area contributed by atoms with Gasteiger partial charge in [0.15, 0.2) is 0 Å². The van der Waals surface area contributed by atoms with E-state index in [1.165, 1.54) is 18.4 Å². The van der Waals surface area contributed by atoms with Crippen LogP contribution in [-0.2, 0) is 12.0 Å². The van der Waals surface area contributed by atoms with Crippen LogP contribution in [0.2, 0.25) is 0 Å². The predicted octanol–water partition coefficient (Wildman–Crippen LogP) is 1.72. The molecule has 3 nitrogen and oxygen atoms in total. The van der Waals surface area contributed by atoms with Crippen molar-refractivity contribution >= 4 is 0 Å². The molecule has 0 aromatic heterocycles. The Morgan fingerprint density at radius 2 is 2.00 bits per heavy atom. The van der Waals surface area contributed by atoms with E-state index in [0.29, 0.717) is 12.1 Å². The van der Waals surface area contributed by atoms with Crippen molar-refractivity contribution in [3.8, 4) is 5.75 Å². The van der Waals surface area contributed by atoms with Crippen molar-refractivity contribution in [1.29, 1.82) is 0 Å². The third-order valence-corrected chi connectivity index (χ3v) is 4.73. The molecule has 2 N–H and O–H groups in total. The van der Waals surface area contributed by atoms with Crippen molar-refractivity contribution in [1.82, 2.24) is 5.32 Å². The number of benzene rings is 1. The molecular weight excluding hydrogens is 226 g/mol. The highest BCUT2D eigenvalue weighted by atomic mass is 16.5. The molecule has 1 aromatic carbocycles. The smallest absolute Gasteiger partial charge is 0.122 e. The topological polar surface area (TPSA) is 41.5 Å². The molecule has 2 saturated heterocycles. The van der Waals surface area contributed by atoms with Crippen molar-refractivity contribution in [3.05, 3.63) is 29.3 Å². The zero-order valence-electron chi connectivity index (χ0n) is 10.5. The van der Waals surface area contributed by atoms with Crippen molar-refractivity contribution in [2.75, 3.05) is 6.61 Å². The lowest BCUT2D eigenvalue weighted by Crippen LogP contribution is -2.46. The normalized spacial score (nSPS) is 37.4. The number of hydrogen-bond acceptors (Lipinski definition) is 3. The quantitative estimate of drug-likeness (QED) is 0.791. The summed E-state index contributed by atoms with van der Waals surface area (Å²) in [4.78, 5) is 0. The third kappa shape index (κ3) is 1.57. The molecule has 3 aliphatic heterocycles. The zero-order chi connectivity index (χ0) is 12.2. The molecular formula is C15H19NO2. The number of rotatable bonds is 1. The first-order chi connectivity index (χ1) is 8.73. The summed E-state index contributed by atoms with van der Waals surface area (Å²) in [7, 11) is 0. The van der Waals surface area contributed by atoms with E-state index in [2.05, 4.69) is 17.4 Å². The van der Waals surface area contributed by atoms with Gasteiger partial charge in [-0.15, -0.1) is 0 Å². The summed E-state index contributed by atoms with van der Waals surface area (Å²) in [5.74, 6) is 0.999. The van der Waals surface area contributed by atoms with Gasteiger partial charge in [-0.3, -0.25) is 0 Å². The maximum Gasteiger partial charge on any atom is 0.122 e. The molecule has 4 rings (SSSR count). The molecule has 0 saturated carbocycles. The first-order valence-electron chi connectivity index (χ1n) is 6.98. The molecule has 2 atom stereocenters. The number of hydrogen-bond donors (Lipinski definition) is 2. The lowest BCUT2D eigenvalue weighted by Gasteiger charge is -2.37. The summed E-state index contributed by atoms with van der Waals surface area (Å²) in [5.41, 5.74) is 1.71. The number of fused-ring (bicyclic) bond motifs is 3. The Morgan fingerprint density at radius 3 is 2.78 bits per heavy atom. The summed E-state index contributed by atoms with van der Waals surface area (Å²) >= 11 is 0. The van der Waals surface area contributed by atoms with Crippen LogP contribution in [0.5, 0.6) is 5.75 Å². The van der Waals surface area contributed by atoms with Crippen LogP contribution in [0.1, 0.15) is 36.8 Å². The van der Waals surface area contributed by atoms with Crippen LogP contribution in [0.15, 0.2) is 18.2 Å². The van der Waals surface area contributed by atoms with E-state index in [-0.39, 0.29) is 0 Å². The SMILES string of the molecule is OC1(c2ccc3c(c2)CCO3)CC2CCC(C1)N2. The van der Waals surface area contributed by atoms with E-state index in [0.717, 1.165) is 37.2 Å². The highest BCUT2D eigenvalue weighted by Gasteiger charge is 2.43. The Balaban J connectivity index is 1.69. The van der Waals surface area contributed by atoms with Gasteiger partial charge >= 0.3 is 0 Å². The van der Waals surface area contributed by atoms with Crippen LogP contribution in [0.25, 0.3) is 0 Å². The number of aliphatic hydroxyl groups is 1. The summed E-state index contributed by atoms with van der Waals surface area (Å²) < 4.78 is 5.53. The summed E-state index contributed by atoms with van der Waals surface area (Å²) in [6, 6.07) is 7.23. The lowest BCUT2D eigenvalue weighted by molar-refractivity contribution is -0.0115. The average Bonchev–Trinajstić information content (AvgIpc) is 2.95. The number of ether oxygens (including phenoxy) is 1. The second kappa shape index (κ2) is 3.72. The van der Waals surface area contributed by atoms with Gasteiger partial charge in [-0.25, -0.2) is 0 Å². The molecule has 2 unspecified atom stereocenters. The molecule has 2 bridgehead atoms. The largest absolute Gasteiger partial charge is 0.493 e. The van der Waals surface area contributed by atoms with Crippen LogP contribution in [0, 0.1) is 0 Å². The molecule has 0 amide bonds. The first kappa shape index (κ1) is 10.8. The summed E-state index contributed by atoms with van der Waals surface area (Å²) in [6.07, 6.45) is 5.10. The average molecular weight is 245 g/mol. The minimum absolute atomic E-state index is 0.498. The Morgan fingerprint density at radius 1 is 1.22 bits per heavy atom. The first-order valence-corrected chi connectivity index (χ1v) is 6.98. The highest BCUT2D eigenvalue weighted by molar-refractivity contribution is 5.42. The Bertz CT molecular complexity index is 473. The molecule has 0 spiro atoms. The van der Waals surface area contributed by atoms with Gasteiger partial charge in [-0.05, 0) is 48.9 Å². The van der Waals surface area contributed by atoms with Crippen LogP contribution >= 0.6 is 0 Å². The molecule has 18 heavy (non-hydrogen) atoms. The number of piperidine rings is 1. The van der Waals surface area contributed by atoms with Crippen LogP contribution < -0.4 is 10.1 Å². The molecule has 0 aliphatic carbocycles. The second-order valence-electron chi connectivity index (χ2n) is 6.00. The minimum Gasteiger partial charge on any atom is -0.493 e. The molecule has 96 valence electrons. The molecule has 3 aliphatic rings. The Labute approximate surface area is 107 Å². The fraction of sp³-hybridized carbons (Fsp3) is 0.600. The van der Waals surface area contributed by atoms with E-state index in [4.69, 9.17) is 4.74 Å². The maximum absolute atomic E-state index is 11.0. The van der Waals surface area contributed by atoms with Crippen LogP contribution in [-0.4, -0.2) is 23.8 Å². The van der Waals surface area contributed by atoms with Crippen LogP contribution in [0.3, 0.4) is 0 Å². The zero-order valence-corrected chi connectivity index (χ0v) is 10.5. The monoisotopic (exact) mass is 245 g/mol. The minimum atomic E-state index is -0.630. The van der Waals surface area contributed by atoms with Gasteiger partial charge in [0.05, 0.1) is 12.2 Å². The van der Waals surface area contributed by atoms with Gasteiger partial charge in [0.1, 0.15) is 5.75 Å². The fourth-order valence-electron chi connectivity index (χ4n) is 3.83. The number of nitrogens with one attached hydrogen (secondary N) is 1. The Hall–Kier alpha value is -1.06. The molecule has 2 fully saturated rings. The predicted molar refractivity (Wildman–Crippen MR) is 68.7 cm³/mol. The standard InChI is InChI=1S/C15H19NO2/c17-15(8-12-2-3-13(9-15)16-12)11-1-4-14-10(7-11)5-6-18-14/h1,4,7,12-13,16-17H,2-3,5-6,8-9H2.